The van der Waals surface area contributed by atoms with Crippen LogP contribution in [0.15, 0.2) is 30.3 Å². The monoisotopic (exact) mass is 356 g/mol. The van der Waals surface area contributed by atoms with Crippen molar-refractivity contribution in [2.75, 3.05) is 39.3 Å². The van der Waals surface area contributed by atoms with Gasteiger partial charge >= 0.3 is 6.03 Å². The molecule has 1 aromatic rings. The van der Waals surface area contributed by atoms with Crippen LogP contribution in [0.25, 0.3) is 0 Å². The van der Waals surface area contributed by atoms with E-state index in [9.17, 15) is 4.79 Å². The van der Waals surface area contributed by atoms with Crippen molar-refractivity contribution >= 4 is 6.03 Å². The highest BCUT2D eigenvalue weighted by molar-refractivity contribution is 5.75. The molecule has 5 heteroatoms. The third kappa shape index (κ3) is 3.89. The Bertz CT molecular complexity index is 614. The molecular weight excluding hydrogens is 324 g/mol. The number of hydrogen-bond donors (Lipinski definition) is 2. The first-order valence-corrected chi connectivity index (χ1v) is 10.1. The molecule has 3 aliphatic heterocycles. The zero-order valence-corrected chi connectivity index (χ0v) is 15.9. The lowest BCUT2D eigenvalue weighted by molar-refractivity contribution is 0.186. The number of fused-ring (bicyclic) bond motifs is 1. The van der Waals surface area contributed by atoms with E-state index in [4.69, 9.17) is 0 Å². The third-order valence-corrected chi connectivity index (χ3v) is 6.48. The molecule has 0 aromatic heterocycles. The van der Waals surface area contributed by atoms with E-state index in [2.05, 4.69) is 57.7 Å². The molecule has 26 heavy (non-hydrogen) atoms. The van der Waals surface area contributed by atoms with Crippen molar-refractivity contribution in [3.63, 3.8) is 0 Å². The normalized spacial score (nSPS) is 32.3. The summed E-state index contributed by atoms with van der Waals surface area (Å²) in [7, 11) is 0. The first-order chi connectivity index (χ1) is 12.6. The molecule has 3 saturated heterocycles. The minimum atomic E-state index is 0.155. The second-order valence-corrected chi connectivity index (χ2v) is 8.71. The van der Waals surface area contributed by atoms with Gasteiger partial charge in [0.2, 0.25) is 0 Å². The van der Waals surface area contributed by atoms with E-state index in [1.54, 1.807) is 0 Å². The van der Waals surface area contributed by atoms with Crippen molar-refractivity contribution < 1.29 is 4.79 Å². The number of carbonyl (C=O) groups excluding carboxylic acids is 1. The van der Waals surface area contributed by atoms with E-state index in [1.807, 2.05) is 0 Å². The lowest BCUT2D eigenvalue weighted by Crippen LogP contribution is -2.45. The van der Waals surface area contributed by atoms with Gasteiger partial charge in [-0.1, -0.05) is 37.3 Å². The number of nitrogens with one attached hydrogen (secondary N) is 2. The van der Waals surface area contributed by atoms with Crippen molar-refractivity contribution in [1.82, 2.24) is 20.4 Å². The van der Waals surface area contributed by atoms with Crippen LogP contribution in [-0.4, -0.2) is 61.1 Å². The Morgan fingerprint density at radius 2 is 2.04 bits per heavy atom. The van der Waals surface area contributed by atoms with Crippen molar-refractivity contribution in [2.24, 2.45) is 11.3 Å². The Morgan fingerprint density at radius 1 is 1.19 bits per heavy atom. The third-order valence-electron chi connectivity index (χ3n) is 6.48. The molecule has 0 spiro atoms. The second-order valence-electron chi connectivity index (χ2n) is 8.71. The Hall–Kier alpha value is -1.59. The molecule has 2 N–H and O–H groups in total. The number of likely N-dealkylation sites (tertiary alicyclic amines) is 2. The van der Waals surface area contributed by atoms with Crippen molar-refractivity contribution in [2.45, 2.75) is 38.8 Å². The maximum atomic E-state index is 12.8. The molecule has 1 aromatic carbocycles. The average molecular weight is 357 g/mol. The van der Waals surface area contributed by atoms with Crippen molar-refractivity contribution in [3.8, 4) is 0 Å². The van der Waals surface area contributed by atoms with E-state index in [0.29, 0.717) is 12.0 Å². The molecular formula is C21H32N4O. The zero-order valence-electron chi connectivity index (χ0n) is 15.9. The van der Waals surface area contributed by atoms with E-state index in [1.165, 1.54) is 5.56 Å². The maximum Gasteiger partial charge on any atom is 0.317 e. The van der Waals surface area contributed by atoms with Gasteiger partial charge in [0, 0.05) is 44.2 Å². The topological polar surface area (TPSA) is 47.6 Å². The summed E-state index contributed by atoms with van der Waals surface area (Å²) in [6.07, 6.45) is 3.29. The molecule has 2 amide bonds. The number of amides is 2. The number of rotatable bonds is 3. The number of benzene rings is 1. The fraction of sp³-hybridized carbons (Fsp3) is 0.667. The van der Waals surface area contributed by atoms with Gasteiger partial charge in [-0.3, -0.25) is 4.90 Å². The summed E-state index contributed by atoms with van der Waals surface area (Å²) >= 11 is 0. The fourth-order valence-corrected chi connectivity index (χ4v) is 5.01. The van der Waals surface area contributed by atoms with Gasteiger partial charge < -0.3 is 15.5 Å². The van der Waals surface area contributed by atoms with Gasteiger partial charge in [0.15, 0.2) is 0 Å². The molecule has 3 atom stereocenters. The summed E-state index contributed by atoms with van der Waals surface area (Å²) < 4.78 is 0. The average Bonchev–Trinajstić information content (AvgIpc) is 2.95. The first-order valence-electron chi connectivity index (χ1n) is 10.1. The maximum absolute atomic E-state index is 12.8. The first kappa shape index (κ1) is 17.8. The van der Waals surface area contributed by atoms with E-state index in [0.717, 1.165) is 65.1 Å². The van der Waals surface area contributed by atoms with Crippen LogP contribution >= 0.6 is 0 Å². The van der Waals surface area contributed by atoms with Gasteiger partial charge in [-0.05, 0) is 43.8 Å². The highest BCUT2D eigenvalue weighted by atomic mass is 16.2. The summed E-state index contributed by atoms with van der Waals surface area (Å²) in [5.41, 5.74) is 1.62. The predicted molar refractivity (Wildman–Crippen MR) is 104 cm³/mol. The van der Waals surface area contributed by atoms with Crippen LogP contribution in [0.5, 0.6) is 0 Å². The standard InChI is InChI=1S/C21H32N4O/c1-21-15-24(12-17-6-3-2-4-7-17)13-18(21)14-25(16-21)20(26)23-19-8-5-10-22-11-9-19/h2-4,6-7,18-19,22H,5,8-16H2,1H3,(H,23,26)/t18-,19?,21+/m0/s1. The zero-order chi connectivity index (χ0) is 18.0. The largest absolute Gasteiger partial charge is 0.335 e. The van der Waals surface area contributed by atoms with Crippen LogP contribution in [0, 0.1) is 11.3 Å². The van der Waals surface area contributed by atoms with Gasteiger partial charge in [-0.15, -0.1) is 0 Å². The molecule has 5 nitrogen and oxygen atoms in total. The SMILES string of the molecule is C[C@]12CN(Cc3ccccc3)C[C@H]1CN(C(=O)NC1CCCNCC1)C2. The van der Waals surface area contributed by atoms with Gasteiger partial charge in [0.25, 0.3) is 0 Å². The van der Waals surface area contributed by atoms with Gasteiger partial charge in [0.1, 0.15) is 0 Å². The highest BCUT2D eigenvalue weighted by Gasteiger charge is 2.50. The van der Waals surface area contributed by atoms with Gasteiger partial charge in [0.05, 0.1) is 0 Å². The quantitative estimate of drug-likeness (QED) is 0.874. The fourth-order valence-electron chi connectivity index (χ4n) is 5.01. The highest BCUT2D eigenvalue weighted by Crippen LogP contribution is 2.42. The second kappa shape index (κ2) is 7.57. The van der Waals surface area contributed by atoms with Gasteiger partial charge in [-0.25, -0.2) is 4.79 Å². The van der Waals surface area contributed by atoms with Crippen LogP contribution in [0.3, 0.4) is 0 Å². The number of urea groups is 1. The minimum absolute atomic E-state index is 0.155. The summed E-state index contributed by atoms with van der Waals surface area (Å²) in [6.45, 7) is 9.46. The summed E-state index contributed by atoms with van der Waals surface area (Å²) in [4.78, 5) is 17.4. The number of carbonyl (C=O) groups is 1. The predicted octanol–water partition coefficient (Wildman–Crippen LogP) is 2.29. The molecule has 3 heterocycles. The summed E-state index contributed by atoms with van der Waals surface area (Å²) in [5.74, 6) is 0.591. The van der Waals surface area contributed by atoms with E-state index in [-0.39, 0.29) is 11.4 Å². The Balaban J connectivity index is 1.30. The molecule has 0 aliphatic carbocycles. The lowest BCUT2D eigenvalue weighted by Gasteiger charge is -2.27. The molecule has 3 fully saturated rings. The summed E-state index contributed by atoms with van der Waals surface area (Å²) in [5, 5.41) is 6.70. The molecule has 0 saturated carbocycles. The molecule has 1 unspecified atom stereocenters. The lowest BCUT2D eigenvalue weighted by atomic mass is 9.83. The van der Waals surface area contributed by atoms with Crippen LogP contribution in [-0.2, 0) is 6.54 Å². The number of hydrogen-bond acceptors (Lipinski definition) is 3. The minimum Gasteiger partial charge on any atom is -0.335 e. The Labute approximate surface area is 157 Å². The van der Waals surface area contributed by atoms with E-state index >= 15 is 0 Å². The van der Waals surface area contributed by atoms with Crippen LogP contribution < -0.4 is 10.6 Å². The molecule has 0 bridgehead atoms. The summed E-state index contributed by atoms with van der Waals surface area (Å²) in [6, 6.07) is 11.2. The Morgan fingerprint density at radius 3 is 2.85 bits per heavy atom. The Kier molecular flexibility index (Phi) is 5.18. The molecule has 3 aliphatic rings. The van der Waals surface area contributed by atoms with Crippen molar-refractivity contribution in [3.05, 3.63) is 35.9 Å². The smallest absolute Gasteiger partial charge is 0.317 e. The van der Waals surface area contributed by atoms with Gasteiger partial charge in [-0.2, -0.15) is 0 Å². The molecule has 4 rings (SSSR count). The van der Waals surface area contributed by atoms with Crippen LogP contribution in [0.4, 0.5) is 4.79 Å². The van der Waals surface area contributed by atoms with Crippen LogP contribution in [0.1, 0.15) is 31.7 Å². The number of nitrogens with zero attached hydrogens (tertiary/aromatic N) is 2. The molecule has 0 radical (unpaired) electrons. The van der Waals surface area contributed by atoms with E-state index < -0.39 is 0 Å². The van der Waals surface area contributed by atoms with Crippen LogP contribution in [0.2, 0.25) is 0 Å². The van der Waals surface area contributed by atoms with Crippen molar-refractivity contribution in [1.29, 1.82) is 0 Å². The molecule has 142 valence electrons.